The normalized spacial score (nSPS) is 26.0. The quantitative estimate of drug-likeness (QED) is 0.757. The number of hydrogen-bond acceptors (Lipinski definition) is 5. The standard InChI is InChI=1S/C14H22N2O2S2/c1-3-15-14(12(17)18)7-4-5-11(14)6-8-19-13-16-10(2)9-20-13/h9,11,15H,3-8H2,1-2H3,(H,17,18). The van der Waals surface area contributed by atoms with E-state index in [-0.39, 0.29) is 5.92 Å². The Hall–Kier alpha value is -0.590. The van der Waals surface area contributed by atoms with Crippen LogP contribution in [-0.4, -0.2) is 33.9 Å². The maximum Gasteiger partial charge on any atom is 0.324 e. The number of likely N-dealkylation sites (N-methyl/N-ethyl adjacent to an activating group) is 1. The van der Waals surface area contributed by atoms with Gasteiger partial charge in [0.1, 0.15) is 9.88 Å². The molecule has 0 bridgehead atoms. The second kappa shape index (κ2) is 6.91. The third-order valence-corrected chi connectivity index (χ3v) is 6.16. The van der Waals surface area contributed by atoms with E-state index in [9.17, 15) is 9.90 Å². The Morgan fingerprint density at radius 2 is 2.50 bits per heavy atom. The second-order valence-electron chi connectivity index (χ2n) is 5.29. The van der Waals surface area contributed by atoms with Crippen molar-refractivity contribution in [3.63, 3.8) is 0 Å². The first-order valence-electron chi connectivity index (χ1n) is 7.12. The summed E-state index contributed by atoms with van der Waals surface area (Å²) in [4.78, 5) is 16.1. The summed E-state index contributed by atoms with van der Waals surface area (Å²) in [6.45, 7) is 4.69. The zero-order valence-electron chi connectivity index (χ0n) is 12.0. The van der Waals surface area contributed by atoms with E-state index >= 15 is 0 Å². The van der Waals surface area contributed by atoms with Crippen molar-refractivity contribution in [1.82, 2.24) is 10.3 Å². The molecule has 1 fully saturated rings. The van der Waals surface area contributed by atoms with Crippen LogP contribution in [0, 0.1) is 12.8 Å². The van der Waals surface area contributed by atoms with Crippen LogP contribution in [-0.2, 0) is 4.79 Å². The molecule has 1 saturated carbocycles. The third kappa shape index (κ3) is 3.35. The minimum atomic E-state index is -0.700. The topological polar surface area (TPSA) is 62.2 Å². The van der Waals surface area contributed by atoms with Gasteiger partial charge in [-0.3, -0.25) is 4.79 Å². The predicted octanol–water partition coefficient (Wildman–Crippen LogP) is 3.17. The molecule has 4 nitrogen and oxygen atoms in total. The van der Waals surface area contributed by atoms with Crippen LogP contribution in [0.25, 0.3) is 0 Å². The Morgan fingerprint density at radius 1 is 1.70 bits per heavy atom. The molecule has 0 aliphatic heterocycles. The van der Waals surface area contributed by atoms with Gasteiger partial charge in [-0.15, -0.1) is 11.3 Å². The average molecular weight is 314 g/mol. The molecule has 1 aromatic rings. The third-order valence-electron chi connectivity index (χ3n) is 3.98. The van der Waals surface area contributed by atoms with E-state index in [4.69, 9.17) is 0 Å². The Morgan fingerprint density at radius 3 is 3.10 bits per heavy atom. The van der Waals surface area contributed by atoms with Gasteiger partial charge in [0.15, 0.2) is 0 Å². The number of rotatable bonds is 7. The van der Waals surface area contributed by atoms with Crippen molar-refractivity contribution in [2.75, 3.05) is 12.3 Å². The van der Waals surface area contributed by atoms with Crippen molar-refractivity contribution in [2.45, 2.75) is 49.4 Å². The molecule has 1 heterocycles. The van der Waals surface area contributed by atoms with Gasteiger partial charge < -0.3 is 10.4 Å². The van der Waals surface area contributed by atoms with Crippen LogP contribution in [0.1, 0.15) is 38.3 Å². The lowest BCUT2D eigenvalue weighted by molar-refractivity contribution is -0.146. The van der Waals surface area contributed by atoms with E-state index in [1.807, 2.05) is 13.8 Å². The summed E-state index contributed by atoms with van der Waals surface area (Å²) < 4.78 is 1.09. The Labute approximate surface area is 128 Å². The monoisotopic (exact) mass is 314 g/mol. The van der Waals surface area contributed by atoms with Crippen LogP contribution in [0.15, 0.2) is 9.72 Å². The van der Waals surface area contributed by atoms with E-state index in [0.29, 0.717) is 6.54 Å². The summed E-state index contributed by atoms with van der Waals surface area (Å²) in [6, 6.07) is 0. The number of aryl methyl sites for hydroxylation is 1. The summed E-state index contributed by atoms with van der Waals surface area (Å²) in [5.41, 5.74) is 0.361. The molecular formula is C14H22N2O2S2. The van der Waals surface area contributed by atoms with Crippen LogP contribution >= 0.6 is 23.1 Å². The van der Waals surface area contributed by atoms with Crippen molar-refractivity contribution in [1.29, 1.82) is 0 Å². The highest BCUT2D eigenvalue weighted by Gasteiger charge is 2.48. The van der Waals surface area contributed by atoms with Gasteiger partial charge >= 0.3 is 5.97 Å². The molecule has 0 spiro atoms. The maximum absolute atomic E-state index is 11.7. The zero-order valence-corrected chi connectivity index (χ0v) is 13.6. The lowest BCUT2D eigenvalue weighted by Gasteiger charge is -2.32. The highest BCUT2D eigenvalue weighted by molar-refractivity contribution is 8.01. The molecule has 2 unspecified atom stereocenters. The van der Waals surface area contributed by atoms with Gasteiger partial charge in [-0.25, -0.2) is 4.98 Å². The first-order valence-corrected chi connectivity index (χ1v) is 8.98. The van der Waals surface area contributed by atoms with Crippen LogP contribution in [0.2, 0.25) is 0 Å². The van der Waals surface area contributed by atoms with Crippen molar-refractivity contribution in [2.24, 2.45) is 5.92 Å². The fraction of sp³-hybridized carbons (Fsp3) is 0.714. The largest absolute Gasteiger partial charge is 0.480 e. The van der Waals surface area contributed by atoms with E-state index in [1.165, 1.54) is 0 Å². The van der Waals surface area contributed by atoms with Crippen molar-refractivity contribution < 1.29 is 9.90 Å². The van der Waals surface area contributed by atoms with Gasteiger partial charge in [-0.1, -0.05) is 25.1 Å². The molecule has 2 N–H and O–H groups in total. The molecule has 2 rings (SSSR count). The molecule has 6 heteroatoms. The number of carboxylic acid groups (broad SMARTS) is 1. The minimum absolute atomic E-state index is 0.230. The van der Waals surface area contributed by atoms with Crippen LogP contribution in [0.3, 0.4) is 0 Å². The molecule has 2 atom stereocenters. The number of thioether (sulfide) groups is 1. The predicted molar refractivity (Wildman–Crippen MR) is 83.6 cm³/mol. The number of thiazole rings is 1. The molecule has 1 aromatic heterocycles. The van der Waals surface area contributed by atoms with Gasteiger partial charge in [0.25, 0.3) is 0 Å². The zero-order chi connectivity index (χ0) is 14.6. The van der Waals surface area contributed by atoms with E-state index in [1.54, 1.807) is 23.1 Å². The fourth-order valence-electron chi connectivity index (χ4n) is 3.06. The summed E-state index contributed by atoms with van der Waals surface area (Å²) in [5, 5.41) is 14.9. The molecule has 1 aliphatic carbocycles. The number of aromatic nitrogens is 1. The number of carboxylic acids is 1. The first kappa shape index (κ1) is 15.8. The van der Waals surface area contributed by atoms with Crippen molar-refractivity contribution in [3.05, 3.63) is 11.1 Å². The van der Waals surface area contributed by atoms with E-state index in [2.05, 4.69) is 15.7 Å². The highest BCUT2D eigenvalue weighted by Crippen LogP contribution is 2.39. The molecule has 0 saturated heterocycles. The molecule has 0 aromatic carbocycles. The summed E-state index contributed by atoms with van der Waals surface area (Å²) in [6.07, 6.45) is 3.70. The fourth-order valence-corrected chi connectivity index (χ4v) is 5.03. The van der Waals surface area contributed by atoms with Gasteiger partial charge in [0.2, 0.25) is 0 Å². The molecular weight excluding hydrogens is 292 g/mol. The minimum Gasteiger partial charge on any atom is -0.480 e. The second-order valence-corrected chi connectivity index (χ2v) is 7.49. The SMILES string of the molecule is CCNC1(C(=O)O)CCCC1CCSc1nc(C)cs1. The molecule has 1 aliphatic rings. The lowest BCUT2D eigenvalue weighted by Crippen LogP contribution is -2.54. The van der Waals surface area contributed by atoms with Crippen molar-refractivity contribution in [3.8, 4) is 0 Å². The maximum atomic E-state index is 11.7. The molecule has 112 valence electrons. The summed E-state index contributed by atoms with van der Waals surface area (Å²) in [7, 11) is 0. The lowest BCUT2D eigenvalue weighted by atomic mass is 9.85. The number of aliphatic carboxylic acids is 1. The van der Waals surface area contributed by atoms with Gasteiger partial charge in [-0.05, 0) is 38.6 Å². The summed E-state index contributed by atoms with van der Waals surface area (Å²) in [5.74, 6) is 0.489. The van der Waals surface area contributed by atoms with Gasteiger partial charge in [0, 0.05) is 16.8 Å². The smallest absolute Gasteiger partial charge is 0.324 e. The molecule has 0 amide bonds. The molecule has 0 radical (unpaired) electrons. The Kier molecular flexibility index (Phi) is 5.46. The Bertz CT molecular complexity index is 464. The number of nitrogens with zero attached hydrogens (tertiary/aromatic N) is 1. The van der Waals surface area contributed by atoms with Crippen molar-refractivity contribution >= 4 is 29.1 Å². The van der Waals surface area contributed by atoms with E-state index in [0.717, 1.165) is 41.5 Å². The number of carbonyl (C=O) groups is 1. The average Bonchev–Trinajstić information content (AvgIpc) is 2.98. The number of nitrogens with one attached hydrogen (secondary N) is 1. The summed E-state index contributed by atoms with van der Waals surface area (Å²) >= 11 is 3.41. The van der Waals surface area contributed by atoms with Crippen LogP contribution in [0.4, 0.5) is 0 Å². The van der Waals surface area contributed by atoms with Gasteiger partial charge in [0.05, 0.1) is 0 Å². The number of hydrogen-bond donors (Lipinski definition) is 2. The Balaban J connectivity index is 1.91. The first-order chi connectivity index (χ1) is 9.58. The van der Waals surface area contributed by atoms with Gasteiger partial charge in [-0.2, -0.15) is 0 Å². The van der Waals surface area contributed by atoms with E-state index < -0.39 is 11.5 Å². The highest BCUT2D eigenvalue weighted by atomic mass is 32.2. The van der Waals surface area contributed by atoms with Crippen LogP contribution < -0.4 is 5.32 Å². The van der Waals surface area contributed by atoms with Crippen LogP contribution in [0.5, 0.6) is 0 Å². The molecule has 20 heavy (non-hydrogen) atoms.